The summed E-state index contributed by atoms with van der Waals surface area (Å²) in [7, 11) is 1.88. The Morgan fingerprint density at radius 2 is 2.42 bits per heavy atom. The summed E-state index contributed by atoms with van der Waals surface area (Å²) in [6.45, 7) is 5.63. The van der Waals surface area contributed by atoms with Gasteiger partial charge in [-0.05, 0) is 13.3 Å². The summed E-state index contributed by atoms with van der Waals surface area (Å²) in [6.07, 6.45) is 6.31. The number of thiazole rings is 1. The third-order valence-electron chi connectivity index (χ3n) is 4.33. The number of hydrogen-bond donors (Lipinski definition) is 1. The van der Waals surface area contributed by atoms with Gasteiger partial charge in [0.25, 0.3) is 0 Å². The van der Waals surface area contributed by atoms with E-state index in [1.54, 1.807) is 28.4 Å². The normalized spacial score (nSPS) is 22.4. The topological polar surface area (TPSA) is 72.3 Å². The minimum Gasteiger partial charge on any atom is -0.367 e. The molecule has 2 aromatic heterocycles. The molecule has 1 saturated heterocycles. The lowest BCUT2D eigenvalue weighted by Gasteiger charge is -2.40. The second-order valence-electron chi connectivity index (χ2n) is 6.18. The second kappa shape index (κ2) is 6.90. The smallest absolute Gasteiger partial charge is 0.318 e. The van der Waals surface area contributed by atoms with Gasteiger partial charge in [-0.2, -0.15) is 5.10 Å². The van der Waals surface area contributed by atoms with Gasteiger partial charge >= 0.3 is 6.03 Å². The van der Waals surface area contributed by atoms with E-state index in [0.717, 1.165) is 17.0 Å². The lowest BCUT2D eigenvalue weighted by Crippen LogP contribution is -2.53. The van der Waals surface area contributed by atoms with Gasteiger partial charge in [0.2, 0.25) is 0 Å². The first kappa shape index (κ1) is 16.9. The van der Waals surface area contributed by atoms with Crippen LogP contribution in [0.15, 0.2) is 24.0 Å². The number of nitrogens with one attached hydrogen (secondary N) is 1. The van der Waals surface area contributed by atoms with E-state index in [9.17, 15) is 4.79 Å². The molecule has 1 aliphatic rings. The highest BCUT2D eigenvalue weighted by Gasteiger charge is 2.37. The van der Waals surface area contributed by atoms with Crippen molar-refractivity contribution in [1.29, 1.82) is 0 Å². The van der Waals surface area contributed by atoms with Gasteiger partial charge in [-0.15, -0.1) is 11.3 Å². The van der Waals surface area contributed by atoms with Crippen LogP contribution in [0.3, 0.4) is 0 Å². The fraction of sp³-hybridized carbons (Fsp3) is 0.562. The second-order valence-corrected chi connectivity index (χ2v) is 7.11. The van der Waals surface area contributed by atoms with Crippen LogP contribution >= 0.6 is 11.3 Å². The first-order valence-electron chi connectivity index (χ1n) is 8.10. The van der Waals surface area contributed by atoms with Crippen molar-refractivity contribution >= 4 is 17.4 Å². The van der Waals surface area contributed by atoms with Crippen LogP contribution in [0.2, 0.25) is 0 Å². The largest absolute Gasteiger partial charge is 0.367 e. The third-order valence-corrected chi connectivity index (χ3v) is 5.22. The van der Waals surface area contributed by atoms with Gasteiger partial charge in [0.05, 0.1) is 25.4 Å². The van der Waals surface area contributed by atoms with Crippen molar-refractivity contribution in [3.63, 3.8) is 0 Å². The maximum atomic E-state index is 12.7. The van der Waals surface area contributed by atoms with Crippen LogP contribution in [0.5, 0.6) is 0 Å². The van der Waals surface area contributed by atoms with E-state index in [1.807, 2.05) is 37.4 Å². The number of hydrogen-bond acceptors (Lipinski definition) is 5. The summed E-state index contributed by atoms with van der Waals surface area (Å²) in [5.41, 5.74) is 0.446. The molecule has 2 aromatic rings. The third kappa shape index (κ3) is 3.44. The quantitative estimate of drug-likeness (QED) is 0.919. The molecular formula is C16H23N5O2S. The van der Waals surface area contributed by atoms with Crippen molar-refractivity contribution < 1.29 is 9.53 Å². The average Bonchev–Trinajstić information content (AvgIpc) is 3.24. The molecule has 3 rings (SSSR count). The zero-order valence-corrected chi connectivity index (χ0v) is 15.0. The van der Waals surface area contributed by atoms with Crippen molar-refractivity contribution in [2.24, 2.45) is 7.05 Å². The van der Waals surface area contributed by atoms with E-state index in [2.05, 4.69) is 15.4 Å². The molecule has 0 saturated carbocycles. The zero-order chi connectivity index (χ0) is 17.2. The summed E-state index contributed by atoms with van der Waals surface area (Å²) in [4.78, 5) is 18.8. The van der Waals surface area contributed by atoms with Crippen molar-refractivity contribution in [3.8, 4) is 0 Å². The van der Waals surface area contributed by atoms with Crippen LogP contribution in [0.25, 0.3) is 0 Å². The summed E-state index contributed by atoms with van der Waals surface area (Å²) in [5, 5.41) is 10.2. The standard InChI is InChI=1S/C16H23N5O2S/c1-4-13(14-17-5-8-24-14)19-15(22)21-6-7-23-16(2,11-21)12-9-18-20(3)10-12/h5,8-10,13H,4,6-7,11H2,1-3H3,(H,19,22)/t13-,16-/m0/s1. The van der Waals surface area contributed by atoms with E-state index in [-0.39, 0.29) is 12.1 Å². The highest BCUT2D eigenvalue weighted by Crippen LogP contribution is 2.29. The molecule has 1 aliphatic heterocycles. The molecule has 3 heterocycles. The highest BCUT2D eigenvalue weighted by atomic mass is 32.1. The number of aromatic nitrogens is 3. The number of amides is 2. The number of morpholine rings is 1. The molecule has 0 aliphatic carbocycles. The molecule has 130 valence electrons. The number of ether oxygens (including phenoxy) is 1. The van der Waals surface area contributed by atoms with E-state index in [4.69, 9.17) is 4.74 Å². The monoisotopic (exact) mass is 349 g/mol. The van der Waals surface area contributed by atoms with Gasteiger partial charge in [0.1, 0.15) is 10.6 Å². The Hall–Kier alpha value is -1.93. The molecule has 0 radical (unpaired) electrons. The first-order chi connectivity index (χ1) is 11.5. The molecule has 1 N–H and O–H groups in total. The summed E-state index contributed by atoms with van der Waals surface area (Å²) < 4.78 is 7.71. The van der Waals surface area contributed by atoms with Gasteiger partial charge in [-0.3, -0.25) is 4.68 Å². The Labute approximate surface area is 145 Å². The maximum Gasteiger partial charge on any atom is 0.318 e. The molecule has 7 nitrogen and oxygen atoms in total. The van der Waals surface area contributed by atoms with Gasteiger partial charge in [0, 0.05) is 36.9 Å². The van der Waals surface area contributed by atoms with Crippen LogP contribution in [0.1, 0.15) is 36.9 Å². The predicted molar refractivity (Wildman–Crippen MR) is 91.8 cm³/mol. The highest BCUT2D eigenvalue weighted by molar-refractivity contribution is 7.09. The summed E-state index contributed by atoms with van der Waals surface area (Å²) in [6, 6.07) is -0.125. The van der Waals surface area contributed by atoms with E-state index >= 15 is 0 Å². The van der Waals surface area contributed by atoms with Crippen molar-refractivity contribution in [2.75, 3.05) is 19.7 Å². The van der Waals surface area contributed by atoms with Crippen molar-refractivity contribution in [1.82, 2.24) is 25.0 Å². The molecule has 0 spiro atoms. The Kier molecular flexibility index (Phi) is 4.86. The lowest BCUT2D eigenvalue weighted by molar-refractivity contribution is -0.0909. The number of rotatable bonds is 4. The van der Waals surface area contributed by atoms with Crippen LogP contribution < -0.4 is 5.32 Å². The molecule has 0 bridgehead atoms. The number of nitrogens with zero attached hydrogens (tertiary/aromatic N) is 4. The van der Waals surface area contributed by atoms with Crippen LogP contribution in [0, 0.1) is 0 Å². The molecular weight excluding hydrogens is 326 g/mol. The number of aryl methyl sites for hydroxylation is 1. The summed E-state index contributed by atoms with van der Waals surface area (Å²) >= 11 is 1.56. The maximum absolute atomic E-state index is 12.7. The minimum atomic E-state index is -0.535. The number of carbonyl (C=O) groups excluding carboxylic acids is 1. The fourth-order valence-corrected chi connectivity index (χ4v) is 3.67. The molecule has 2 amide bonds. The van der Waals surface area contributed by atoms with Crippen molar-refractivity contribution in [3.05, 3.63) is 34.5 Å². The Balaban J connectivity index is 1.69. The fourth-order valence-electron chi connectivity index (χ4n) is 2.90. The number of carbonyl (C=O) groups is 1. The van der Waals surface area contributed by atoms with E-state index in [0.29, 0.717) is 19.7 Å². The number of urea groups is 1. The van der Waals surface area contributed by atoms with Crippen LogP contribution in [-0.2, 0) is 17.4 Å². The molecule has 0 aromatic carbocycles. The Morgan fingerprint density at radius 3 is 3.04 bits per heavy atom. The molecule has 2 atom stereocenters. The van der Waals surface area contributed by atoms with Gasteiger partial charge in [-0.25, -0.2) is 9.78 Å². The average molecular weight is 349 g/mol. The van der Waals surface area contributed by atoms with Crippen molar-refractivity contribution in [2.45, 2.75) is 31.9 Å². The zero-order valence-electron chi connectivity index (χ0n) is 14.2. The van der Waals surface area contributed by atoms with Crippen LogP contribution in [-0.4, -0.2) is 45.4 Å². The SMILES string of the molecule is CC[C@H](NC(=O)N1CCO[C@](C)(c2cnn(C)c2)C1)c1nccs1. The van der Waals surface area contributed by atoms with Gasteiger partial charge in [-0.1, -0.05) is 6.92 Å². The van der Waals surface area contributed by atoms with E-state index in [1.165, 1.54) is 0 Å². The Bertz CT molecular complexity index is 686. The first-order valence-corrected chi connectivity index (χ1v) is 8.97. The molecule has 0 unspecified atom stereocenters. The van der Waals surface area contributed by atoms with Crippen LogP contribution in [0.4, 0.5) is 4.79 Å². The minimum absolute atomic E-state index is 0.0509. The molecule has 1 fully saturated rings. The Morgan fingerprint density at radius 1 is 1.58 bits per heavy atom. The lowest BCUT2D eigenvalue weighted by atomic mass is 9.97. The van der Waals surface area contributed by atoms with Gasteiger partial charge < -0.3 is 15.0 Å². The van der Waals surface area contributed by atoms with Gasteiger partial charge in [0.15, 0.2) is 0 Å². The summed E-state index contributed by atoms with van der Waals surface area (Å²) in [5.74, 6) is 0. The molecule has 8 heteroatoms. The molecule has 24 heavy (non-hydrogen) atoms. The predicted octanol–water partition coefficient (Wildman–Crippen LogP) is 2.28. The van der Waals surface area contributed by atoms with E-state index < -0.39 is 5.60 Å².